The van der Waals surface area contributed by atoms with Crippen molar-refractivity contribution in [3.05, 3.63) is 52.5 Å². The molecule has 1 heterocycles. The molecule has 0 saturated heterocycles. The van der Waals surface area contributed by atoms with E-state index in [-0.39, 0.29) is 17.7 Å². The third-order valence-electron chi connectivity index (χ3n) is 2.17. The molecule has 0 bridgehead atoms. The molecule has 1 aliphatic heterocycles. The summed E-state index contributed by atoms with van der Waals surface area (Å²) in [5.41, 5.74) is 1.15. The number of aliphatic hydroxyl groups is 1. The Kier molecular flexibility index (Phi) is 2.07. The first-order chi connectivity index (χ1) is 6.81. The summed E-state index contributed by atoms with van der Waals surface area (Å²) in [5.74, 6) is -0.290. The van der Waals surface area contributed by atoms with Crippen LogP contribution >= 0.6 is 0 Å². The first-order valence-electron chi connectivity index (χ1n) is 4.30. The number of hydrogen-bond acceptors (Lipinski definition) is 3. The first-order valence-corrected chi connectivity index (χ1v) is 4.30. The second-order valence-corrected chi connectivity index (χ2v) is 3.07. The van der Waals surface area contributed by atoms with Gasteiger partial charge in [-0.1, -0.05) is 30.3 Å². The third-order valence-corrected chi connectivity index (χ3v) is 2.17. The molecule has 1 aromatic carbocycles. The van der Waals surface area contributed by atoms with E-state index >= 15 is 0 Å². The van der Waals surface area contributed by atoms with Crippen LogP contribution in [0, 0.1) is 5.39 Å². The van der Waals surface area contributed by atoms with Gasteiger partial charge in [0.25, 0.3) is 0 Å². The van der Waals surface area contributed by atoms with E-state index in [1.807, 2.05) is 30.3 Å². The predicted octanol–water partition coefficient (Wildman–Crippen LogP) is 2.73. The zero-order chi connectivity index (χ0) is 9.97. The lowest BCUT2D eigenvalue weighted by atomic mass is 10.1. The lowest BCUT2D eigenvalue weighted by Gasteiger charge is -2.08. The van der Waals surface area contributed by atoms with Crippen LogP contribution in [-0.2, 0) is 4.74 Å². The van der Waals surface area contributed by atoms with Gasteiger partial charge in [-0.15, -0.1) is 0 Å². The van der Waals surface area contributed by atoms with Gasteiger partial charge in [-0.2, -0.15) is 0 Å². The minimum Gasteiger partial charge on any atom is -0.475 e. The summed E-state index contributed by atoms with van der Waals surface area (Å²) >= 11 is 0. The van der Waals surface area contributed by atoms with Crippen molar-refractivity contribution in [2.75, 3.05) is 0 Å². The van der Waals surface area contributed by atoms with Gasteiger partial charge < -0.3 is 9.84 Å². The van der Waals surface area contributed by atoms with E-state index in [2.05, 4.69) is 4.98 Å². The Labute approximate surface area is 81.1 Å². The van der Waals surface area contributed by atoms with Crippen molar-refractivity contribution < 1.29 is 9.84 Å². The van der Waals surface area contributed by atoms with Gasteiger partial charge in [0, 0.05) is 0 Å². The molecule has 0 saturated carbocycles. The molecule has 1 N–H and O–H groups in total. The SMILES string of the molecule is N#[N+]C1=C(O)OC(c2ccccc2)C1. The number of aliphatic hydroxyl groups excluding tert-OH is 1. The zero-order valence-corrected chi connectivity index (χ0v) is 7.42. The molecular formula is C10H9N2O2+. The smallest absolute Gasteiger partial charge is 0.444 e. The molecule has 70 valence electrons. The van der Waals surface area contributed by atoms with Crippen LogP contribution in [-0.4, -0.2) is 5.11 Å². The van der Waals surface area contributed by atoms with Crippen LogP contribution in [0.4, 0.5) is 0 Å². The van der Waals surface area contributed by atoms with E-state index in [4.69, 9.17) is 10.1 Å². The van der Waals surface area contributed by atoms with Crippen molar-refractivity contribution in [3.63, 3.8) is 0 Å². The van der Waals surface area contributed by atoms with E-state index in [0.717, 1.165) is 5.56 Å². The number of benzene rings is 1. The summed E-state index contributed by atoms with van der Waals surface area (Å²) in [6.07, 6.45) is 0.147. The molecule has 0 spiro atoms. The summed E-state index contributed by atoms with van der Waals surface area (Å²) < 4.78 is 5.13. The van der Waals surface area contributed by atoms with E-state index in [1.165, 1.54) is 0 Å². The van der Waals surface area contributed by atoms with E-state index in [9.17, 15) is 5.11 Å². The zero-order valence-electron chi connectivity index (χ0n) is 7.42. The Morgan fingerprint density at radius 3 is 2.64 bits per heavy atom. The van der Waals surface area contributed by atoms with E-state index < -0.39 is 0 Å². The van der Waals surface area contributed by atoms with Crippen LogP contribution in [0.15, 0.2) is 42.0 Å². The molecule has 1 atom stereocenters. The molecule has 0 fully saturated rings. The average molecular weight is 189 g/mol. The number of diazo groups is 1. The van der Waals surface area contributed by atoms with Crippen molar-refractivity contribution in [3.8, 4) is 0 Å². The van der Waals surface area contributed by atoms with E-state index in [0.29, 0.717) is 6.42 Å². The molecule has 2 rings (SSSR count). The summed E-state index contributed by atoms with van der Waals surface area (Å²) in [5, 5.41) is 17.8. The van der Waals surface area contributed by atoms with Crippen LogP contribution in [0.3, 0.4) is 0 Å². The monoisotopic (exact) mass is 189 g/mol. The second-order valence-electron chi connectivity index (χ2n) is 3.07. The van der Waals surface area contributed by atoms with Gasteiger partial charge in [-0.25, -0.2) is 0 Å². The largest absolute Gasteiger partial charge is 0.475 e. The molecule has 4 heteroatoms. The molecule has 1 aliphatic rings. The van der Waals surface area contributed by atoms with Gasteiger partial charge in [0.15, 0.2) is 4.98 Å². The lowest BCUT2D eigenvalue weighted by molar-refractivity contribution is 0.0574. The Bertz CT molecular complexity index is 406. The highest BCUT2D eigenvalue weighted by molar-refractivity contribution is 5.25. The van der Waals surface area contributed by atoms with Gasteiger partial charge in [0.2, 0.25) is 5.39 Å². The topological polar surface area (TPSA) is 57.6 Å². The highest BCUT2D eigenvalue weighted by atomic mass is 16.6. The van der Waals surface area contributed by atoms with Crippen LogP contribution < -0.4 is 0 Å². The highest BCUT2D eigenvalue weighted by Gasteiger charge is 2.36. The standard InChI is InChI=1S/C10H8N2O2/c11-12-8-6-9(14-10(8)13)7-4-2-1-3-5-7/h1-5,9H,6H2/p+1. The van der Waals surface area contributed by atoms with Crippen molar-refractivity contribution in [2.45, 2.75) is 12.5 Å². The molecule has 0 amide bonds. The Morgan fingerprint density at radius 1 is 1.36 bits per heavy atom. The number of ether oxygens (including phenoxy) is 1. The van der Waals surface area contributed by atoms with Gasteiger partial charge in [0.1, 0.15) is 12.5 Å². The minimum absolute atomic E-state index is 0.193. The maximum absolute atomic E-state index is 9.22. The minimum atomic E-state index is -0.290. The molecule has 0 radical (unpaired) electrons. The fourth-order valence-electron chi connectivity index (χ4n) is 1.44. The molecule has 4 nitrogen and oxygen atoms in total. The third kappa shape index (κ3) is 1.40. The van der Waals surface area contributed by atoms with Gasteiger partial charge in [-0.3, -0.25) is 0 Å². The molecule has 0 aromatic heterocycles. The fourth-order valence-corrected chi connectivity index (χ4v) is 1.44. The van der Waals surface area contributed by atoms with Crippen LogP contribution in [0.25, 0.3) is 4.98 Å². The van der Waals surface area contributed by atoms with Crippen molar-refractivity contribution in [1.29, 1.82) is 5.39 Å². The summed E-state index contributed by atoms with van der Waals surface area (Å²) in [4.78, 5) is 2.95. The quantitative estimate of drug-likeness (QED) is 0.691. The van der Waals surface area contributed by atoms with Gasteiger partial charge in [-0.05, 0) is 5.56 Å². The maximum atomic E-state index is 9.22. The van der Waals surface area contributed by atoms with Crippen LogP contribution in [0.1, 0.15) is 18.1 Å². The van der Waals surface area contributed by atoms with Crippen LogP contribution in [0.2, 0.25) is 0 Å². The average Bonchev–Trinajstić information content (AvgIpc) is 2.61. The highest BCUT2D eigenvalue weighted by Crippen LogP contribution is 2.34. The predicted molar refractivity (Wildman–Crippen MR) is 49.6 cm³/mol. The van der Waals surface area contributed by atoms with Crippen molar-refractivity contribution >= 4 is 0 Å². The van der Waals surface area contributed by atoms with E-state index in [1.54, 1.807) is 0 Å². The summed E-state index contributed by atoms with van der Waals surface area (Å²) in [7, 11) is 0. The lowest BCUT2D eigenvalue weighted by Crippen LogP contribution is -1.96. The number of nitrogens with zero attached hydrogens (tertiary/aromatic N) is 2. The first kappa shape index (κ1) is 8.57. The molecule has 0 aliphatic carbocycles. The van der Waals surface area contributed by atoms with Crippen molar-refractivity contribution in [2.24, 2.45) is 0 Å². The summed E-state index contributed by atoms with van der Waals surface area (Å²) in [6, 6.07) is 9.49. The number of rotatable bonds is 1. The number of hydrogen-bond donors (Lipinski definition) is 1. The molecule has 1 unspecified atom stereocenters. The second kappa shape index (κ2) is 3.38. The normalized spacial score (nSPS) is 20.4. The maximum Gasteiger partial charge on any atom is 0.444 e. The molecule has 14 heavy (non-hydrogen) atoms. The molecule has 1 aromatic rings. The Balaban J connectivity index is 2.18. The van der Waals surface area contributed by atoms with Crippen molar-refractivity contribution in [1.82, 2.24) is 0 Å². The van der Waals surface area contributed by atoms with Gasteiger partial charge >= 0.3 is 11.6 Å². The fraction of sp³-hybridized carbons (Fsp3) is 0.200. The Morgan fingerprint density at radius 2 is 2.07 bits per heavy atom. The van der Waals surface area contributed by atoms with Gasteiger partial charge in [0.05, 0.1) is 0 Å². The molecular weight excluding hydrogens is 180 g/mol. The summed E-state index contributed by atoms with van der Waals surface area (Å²) in [6.45, 7) is 0. The Hall–Kier alpha value is -2.02. The van der Waals surface area contributed by atoms with Crippen LogP contribution in [0.5, 0.6) is 0 Å².